The van der Waals surface area contributed by atoms with Crippen molar-refractivity contribution in [2.75, 3.05) is 16.3 Å². The monoisotopic (exact) mass is 397 g/mol. The van der Waals surface area contributed by atoms with Crippen LogP contribution in [0.15, 0.2) is 42.5 Å². The predicted octanol–water partition coefficient (Wildman–Crippen LogP) is 4.06. The van der Waals surface area contributed by atoms with Gasteiger partial charge in [-0.15, -0.1) is 0 Å². The van der Waals surface area contributed by atoms with E-state index in [1.54, 1.807) is 24.3 Å². The fourth-order valence-corrected chi connectivity index (χ4v) is 4.33. The molecular weight excluding hydrogens is 374 g/mol. The summed E-state index contributed by atoms with van der Waals surface area (Å²) in [5, 5.41) is 4.01. The number of hydrogen-bond acceptors (Lipinski definition) is 3. The van der Waals surface area contributed by atoms with E-state index < -0.39 is 10.0 Å². The highest BCUT2D eigenvalue weighted by molar-refractivity contribution is 7.92. The summed E-state index contributed by atoms with van der Waals surface area (Å²) in [4.78, 5) is 16.2. The highest BCUT2D eigenvalue weighted by Gasteiger charge is 2.16. The summed E-state index contributed by atoms with van der Waals surface area (Å²) in [6, 6.07) is 12.3. The normalized spacial score (nSPS) is 14.3. The van der Waals surface area contributed by atoms with E-state index >= 15 is 0 Å². The fraction of sp³-hybridized carbons (Fsp3) is 0.286. The molecule has 3 N–H and O–H groups in total. The first kappa shape index (κ1) is 18.6. The van der Waals surface area contributed by atoms with Gasteiger partial charge in [-0.2, -0.15) is 0 Å². The average molecular weight is 398 g/mol. The molecule has 4 rings (SSSR count). The van der Waals surface area contributed by atoms with Crippen LogP contribution in [-0.2, 0) is 22.9 Å². The molecule has 0 atom stereocenters. The van der Waals surface area contributed by atoms with Crippen LogP contribution < -0.4 is 10.0 Å². The van der Waals surface area contributed by atoms with Crippen molar-refractivity contribution in [3.8, 4) is 0 Å². The number of nitrogens with one attached hydrogen (secondary N) is 3. The molecule has 0 spiro atoms. The van der Waals surface area contributed by atoms with Crippen LogP contribution in [0.2, 0.25) is 0 Å². The van der Waals surface area contributed by atoms with Crippen molar-refractivity contribution in [3.05, 3.63) is 59.3 Å². The summed E-state index contributed by atoms with van der Waals surface area (Å²) in [6.45, 7) is 0. The summed E-state index contributed by atoms with van der Waals surface area (Å²) in [7, 11) is -3.32. The minimum absolute atomic E-state index is 0.186. The van der Waals surface area contributed by atoms with E-state index in [9.17, 15) is 13.2 Å². The van der Waals surface area contributed by atoms with Crippen molar-refractivity contribution >= 4 is 38.2 Å². The van der Waals surface area contributed by atoms with Gasteiger partial charge in [-0.1, -0.05) is 6.42 Å². The summed E-state index contributed by atoms with van der Waals surface area (Å²) in [6.07, 6.45) is 6.85. The van der Waals surface area contributed by atoms with Gasteiger partial charge in [-0.3, -0.25) is 9.52 Å². The van der Waals surface area contributed by atoms with Crippen molar-refractivity contribution in [1.29, 1.82) is 0 Å². The van der Waals surface area contributed by atoms with Crippen LogP contribution >= 0.6 is 0 Å². The molecule has 0 saturated carbocycles. The maximum absolute atomic E-state index is 12.7. The second-order valence-corrected chi connectivity index (χ2v) is 9.06. The van der Waals surface area contributed by atoms with Crippen LogP contribution in [0.4, 0.5) is 11.4 Å². The summed E-state index contributed by atoms with van der Waals surface area (Å²) in [5.74, 6) is -0.186. The minimum atomic E-state index is -3.32. The van der Waals surface area contributed by atoms with Gasteiger partial charge in [0.15, 0.2) is 0 Å². The molecule has 1 heterocycles. The number of H-pyrrole nitrogens is 1. The van der Waals surface area contributed by atoms with E-state index in [4.69, 9.17) is 0 Å². The predicted molar refractivity (Wildman–Crippen MR) is 112 cm³/mol. The van der Waals surface area contributed by atoms with Crippen molar-refractivity contribution in [1.82, 2.24) is 4.98 Å². The first-order chi connectivity index (χ1) is 13.4. The molecule has 1 aliphatic carbocycles. The molecule has 1 aliphatic rings. The average Bonchev–Trinajstić information content (AvgIpc) is 2.82. The molecule has 6 nitrogen and oxygen atoms in total. The van der Waals surface area contributed by atoms with E-state index in [2.05, 4.69) is 15.0 Å². The molecule has 7 heteroatoms. The number of aromatic nitrogens is 1. The van der Waals surface area contributed by atoms with E-state index in [0.717, 1.165) is 30.0 Å². The Labute approximate surface area is 164 Å². The number of sulfonamides is 1. The van der Waals surface area contributed by atoms with Crippen molar-refractivity contribution < 1.29 is 13.2 Å². The molecule has 2 aromatic carbocycles. The lowest BCUT2D eigenvalue weighted by Crippen LogP contribution is -2.12. The molecule has 0 fully saturated rings. The number of carbonyl (C=O) groups is 1. The number of benzene rings is 2. The van der Waals surface area contributed by atoms with E-state index in [1.807, 2.05) is 18.2 Å². The number of fused-ring (bicyclic) bond motifs is 3. The van der Waals surface area contributed by atoms with Crippen molar-refractivity contribution in [3.63, 3.8) is 0 Å². The van der Waals surface area contributed by atoms with E-state index in [1.165, 1.54) is 30.5 Å². The van der Waals surface area contributed by atoms with Crippen molar-refractivity contribution in [2.45, 2.75) is 32.1 Å². The second kappa shape index (κ2) is 7.31. The first-order valence-corrected chi connectivity index (χ1v) is 11.3. The molecule has 0 saturated heterocycles. The van der Waals surface area contributed by atoms with Gasteiger partial charge >= 0.3 is 0 Å². The Morgan fingerprint density at radius 1 is 0.964 bits per heavy atom. The molecule has 146 valence electrons. The topological polar surface area (TPSA) is 91.1 Å². The SMILES string of the molecule is CS(=O)(=O)Nc1ccc(NC(=O)c2ccc3[nH]c4c(c3c2)CCCCC4)cc1. The van der Waals surface area contributed by atoms with Gasteiger partial charge in [0.2, 0.25) is 10.0 Å². The summed E-state index contributed by atoms with van der Waals surface area (Å²) < 4.78 is 24.9. The molecule has 0 radical (unpaired) electrons. The molecule has 28 heavy (non-hydrogen) atoms. The van der Waals surface area contributed by atoms with Gasteiger partial charge in [-0.25, -0.2) is 8.42 Å². The second-order valence-electron chi connectivity index (χ2n) is 7.31. The molecule has 0 unspecified atom stereocenters. The lowest BCUT2D eigenvalue weighted by Gasteiger charge is -2.08. The van der Waals surface area contributed by atoms with Gasteiger partial charge in [0.05, 0.1) is 6.26 Å². The number of rotatable bonds is 4. The maximum atomic E-state index is 12.7. The van der Waals surface area contributed by atoms with Crippen LogP contribution in [0, 0.1) is 0 Å². The standard InChI is InChI=1S/C21H23N3O3S/c1-28(26,27)24-16-10-8-15(9-11-16)22-21(25)14-7-12-20-18(13-14)17-5-3-2-4-6-19(17)23-20/h7-13,23-24H,2-6H2,1H3,(H,22,25). The third-order valence-corrected chi connectivity index (χ3v) is 5.66. The van der Waals surface area contributed by atoms with Gasteiger partial charge < -0.3 is 10.3 Å². The molecular formula is C21H23N3O3S. The highest BCUT2D eigenvalue weighted by atomic mass is 32.2. The van der Waals surface area contributed by atoms with Crippen LogP contribution in [-0.4, -0.2) is 25.6 Å². The largest absolute Gasteiger partial charge is 0.358 e. The molecule has 0 bridgehead atoms. The van der Waals surface area contributed by atoms with Crippen LogP contribution in [0.1, 0.15) is 40.9 Å². The first-order valence-electron chi connectivity index (χ1n) is 9.42. The van der Waals surface area contributed by atoms with Gasteiger partial charge in [0, 0.05) is 33.5 Å². The Balaban J connectivity index is 1.54. The zero-order valence-corrected chi connectivity index (χ0v) is 16.5. The number of aryl methyl sites for hydroxylation is 2. The quantitative estimate of drug-likeness (QED) is 0.580. The molecule has 1 amide bonds. The fourth-order valence-electron chi connectivity index (χ4n) is 3.76. The molecule has 3 aromatic rings. The number of anilines is 2. The number of amides is 1. The highest BCUT2D eigenvalue weighted by Crippen LogP contribution is 2.29. The number of hydrogen-bond donors (Lipinski definition) is 3. The molecule has 0 aliphatic heterocycles. The smallest absolute Gasteiger partial charge is 0.255 e. The zero-order valence-electron chi connectivity index (χ0n) is 15.7. The Hall–Kier alpha value is -2.80. The van der Waals surface area contributed by atoms with E-state index in [-0.39, 0.29) is 5.91 Å². The zero-order chi connectivity index (χ0) is 19.7. The Morgan fingerprint density at radius 3 is 2.43 bits per heavy atom. The van der Waals surface area contributed by atoms with Crippen LogP contribution in [0.3, 0.4) is 0 Å². The van der Waals surface area contributed by atoms with Crippen molar-refractivity contribution in [2.24, 2.45) is 0 Å². The molecule has 1 aromatic heterocycles. The maximum Gasteiger partial charge on any atom is 0.255 e. The summed E-state index contributed by atoms with van der Waals surface area (Å²) >= 11 is 0. The minimum Gasteiger partial charge on any atom is -0.358 e. The Bertz CT molecular complexity index is 1130. The third-order valence-electron chi connectivity index (χ3n) is 5.06. The van der Waals surface area contributed by atoms with Gasteiger partial charge in [-0.05, 0) is 73.7 Å². The van der Waals surface area contributed by atoms with Crippen LogP contribution in [0.5, 0.6) is 0 Å². The van der Waals surface area contributed by atoms with Gasteiger partial charge in [0.25, 0.3) is 5.91 Å². The summed E-state index contributed by atoms with van der Waals surface area (Å²) in [5.41, 5.74) is 5.41. The van der Waals surface area contributed by atoms with E-state index in [0.29, 0.717) is 16.9 Å². The third kappa shape index (κ3) is 4.04. The number of carbonyl (C=O) groups excluding carboxylic acids is 1. The van der Waals surface area contributed by atoms with Crippen LogP contribution in [0.25, 0.3) is 10.9 Å². The lowest BCUT2D eigenvalue weighted by atomic mass is 10.0. The number of aromatic amines is 1. The van der Waals surface area contributed by atoms with Gasteiger partial charge in [0.1, 0.15) is 0 Å². The lowest BCUT2D eigenvalue weighted by molar-refractivity contribution is 0.102. The Morgan fingerprint density at radius 2 is 1.68 bits per heavy atom. The Kier molecular flexibility index (Phi) is 4.85.